The Morgan fingerprint density at radius 2 is 1.34 bits per heavy atom. The Bertz CT molecular complexity index is 1470. The van der Waals surface area contributed by atoms with Crippen molar-refractivity contribution >= 4 is 0 Å². The van der Waals surface area contributed by atoms with E-state index in [9.17, 15) is 0 Å². The minimum Gasteiger partial charge on any atom is -0.497 e. The maximum absolute atomic E-state index is 8.14. The van der Waals surface area contributed by atoms with E-state index in [2.05, 4.69) is 28.8 Å². The van der Waals surface area contributed by atoms with Crippen molar-refractivity contribution in [3.8, 4) is 35.2 Å². The number of allylic oxidation sites excluding steroid dienone is 3. The summed E-state index contributed by atoms with van der Waals surface area (Å²) in [5.41, 5.74) is 1.59. The predicted molar refractivity (Wildman–Crippen MR) is 164 cm³/mol. The van der Waals surface area contributed by atoms with Gasteiger partial charge in [-0.2, -0.15) is 0 Å². The Morgan fingerprint density at radius 3 is 1.85 bits per heavy atom. The topological polar surface area (TPSA) is 68.2 Å². The van der Waals surface area contributed by atoms with E-state index in [0.717, 1.165) is 23.1 Å². The minimum atomic E-state index is -1.03. The first-order valence-electron chi connectivity index (χ1n) is 15.3. The molecule has 0 bridgehead atoms. The van der Waals surface area contributed by atoms with Gasteiger partial charge in [0.2, 0.25) is 2.86 Å². The van der Waals surface area contributed by atoms with E-state index < -0.39 is 17.8 Å². The highest BCUT2D eigenvalue weighted by Gasteiger charge is 2.37. The van der Waals surface area contributed by atoms with E-state index in [1.807, 2.05) is 97.9 Å². The summed E-state index contributed by atoms with van der Waals surface area (Å²) in [5.74, 6) is 11.9. The number of hydrogen-bond acceptors (Lipinski definition) is 5. The Hall–Kier alpha value is -4.26. The molecule has 3 rings (SSSR count). The molecule has 0 saturated carbocycles. The largest absolute Gasteiger partial charge is 0.497 e. The van der Waals surface area contributed by atoms with Crippen molar-refractivity contribution in [2.75, 3.05) is 20.8 Å². The maximum atomic E-state index is 8.14. The Kier molecular flexibility index (Phi) is 10.5. The summed E-state index contributed by atoms with van der Waals surface area (Å²) in [6.45, 7) is 2.14. The van der Waals surface area contributed by atoms with Crippen molar-refractivity contribution in [3.05, 3.63) is 120 Å². The number of ether oxygens (including phenoxy) is 3. The fourth-order valence-electron chi connectivity index (χ4n) is 4.21. The van der Waals surface area contributed by atoms with E-state index in [1.165, 1.54) is 0 Å². The lowest BCUT2D eigenvalue weighted by molar-refractivity contribution is 0.000748. The average Bonchev–Trinajstić information content (AvgIpc) is 3.10. The Labute approximate surface area is 249 Å². The van der Waals surface area contributed by atoms with Gasteiger partial charge in [0.05, 0.1) is 23.6 Å². The van der Waals surface area contributed by atoms with Crippen LogP contribution in [-0.4, -0.2) is 46.1 Å². The van der Waals surface area contributed by atoms with Crippen molar-refractivity contribution < 1.29 is 27.2 Å². The summed E-state index contributed by atoms with van der Waals surface area (Å²) in [6, 6.07) is 24.5. The first-order valence-corrected chi connectivity index (χ1v) is 13.5. The summed E-state index contributed by atoms with van der Waals surface area (Å²) in [4.78, 5) is 0. The molecule has 0 radical (unpaired) electrons. The molecule has 0 unspecified atom stereocenters. The number of hydrogen-bond donors (Lipinski definition) is 2. The molecule has 0 aliphatic heterocycles. The van der Waals surface area contributed by atoms with Crippen molar-refractivity contribution in [2.24, 2.45) is 0 Å². The third-order valence-corrected chi connectivity index (χ3v) is 6.28. The van der Waals surface area contributed by atoms with E-state index >= 15 is 0 Å². The highest BCUT2D eigenvalue weighted by atomic mass is 16.5. The lowest BCUT2D eigenvalue weighted by atomic mass is 9.80. The van der Waals surface area contributed by atoms with Crippen LogP contribution in [0.5, 0.6) is 11.5 Å². The molecule has 0 saturated heterocycles. The molecule has 0 spiro atoms. The first-order chi connectivity index (χ1) is 21.9. The zero-order chi connectivity index (χ0) is 32.5. The smallest absolute Gasteiger partial charge is 0.212 e. The molecule has 0 heterocycles. The van der Waals surface area contributed by atoms with E-state index in [-0.39, 0.29) is 25.1 Å². The number of aliphatic hydroxyl groups is 2. The molecule has 0 amide bonds. The molecule has 5 nitrogen and oxygen atoms in total. The van der Waals surface area contributed by atoms with Gasteiger partial charge in [0.1, 0.15) is 29.3 Å². The summed E-state index contributed by atoms with van der Waals surface area (Å²) in [5, 5.41) is 9.44. The first kappa shape index (κ1) is 25.7. The number of aliphatic hydroxyl groups excluding tert-OH is 2. The summed E-state index contributed by atoms with van der Waals surface area (Å²) in [7, 11) is 3.23. The molecule has 0 aliphatic rings. The molecular formula is C36H38O5. The minimum absolute atomic E-state index is 0.142. The van der Waals surface area contributed by atoms with Gasteiger partial charge >= 0.3 is 0 Å². The van der Waals surface area contributed by atoms with E-state index in [4.69, 9.17) is 24.9 Å². The van der Waals surface area contributed by atoms with Gasteiger partial charge in [-0.3, -0.25) is 0 Å². The summed E-state index contributed by atoms with van der Waals surface area (Å²) < 4.78 is 48.5. The average molecular weight is 557 g/mol. The van der Waals surface area contributed by atoms with Crippen LogP contribution in [-0.2, 0) is 10.3 Å². The molecule has 5 heteroatoms. The Balaban J connectivity index is 1.90. The SMILES string of the molecule is [2H]/C(C#C[C@H](C/C=C\CC)O[3H])=C(\[2H])C#C[C@H](CCOC(c1ccccc1)(c1ccc(OC)cc1)c1ccc(OC)cc1)O[3H]. The molecule has 3 aromatic rings. The number of methoxy groups -OCH3 is 2. The van der Waals surface area contributed by atoms with Crippen LogP contribution in [0.3, 0.4) is 0 Å². The van der Waals surface area contributed by atoms with Crippen LogP contribution < -0.4 is 9.47 Å². The highest BCUT2D eigenvalue weighted by molar-refractivity contribution is 5.49. The lowest BCUT2D eigenvalue weighted by Gasteiger charge is -2.36. The van der Waals surface area contributed by atoms with Crippen molar-refractivity contribution in [2.45, 2.75) is 44.0 Å². The standard InChI is InChI=1S/C36H38O5/c1-4-5-9-16-32(37)17-12-6-7-13-18-33(38)27-28-41-36(29-14-10-8-11-15-29,30-19-23-34(39-2)24-20-30)31-21-25-35(40-3)26-22-31/h5-11,14-15,19-26,32-33,37-38H,4,16,27-28H2,1-3H3/b7-6-,9-5-/t32-,33+/m0/s1/i6D,7D,37T,38T. The molecule has 3 aromatic carbocycles. The molecular weight excluding hydrogens is 512 g/mol. The predicted octanol–water partition coefficient (Wildman–Crippen LogP) is 6.04. The van der Waals surface area contributed by atoms with Gasteiger partial charge in [0, 0.05) is 12.8 Å². The second kappa shape index (κ2) is 16.8. The van der Waals surface area contributed by atoms with Crippen LogP contribution in [0.1, 0.15) is 45.6 Å². The molecule has 2 N–H and O–H groups in total. The zero-order valence-electron chi connectivity index (χ0n) is 27.7. The van der Waals surface area contributed by atoms with Gasteiger partial charge in [-0.15, -0.1) is 0 Å². The molecule has 0 aromatic heterocycles. The maximum Gasteiger partial charge on any atom is 0.212 e. The molecule has 212 valence electrons. The van der Waals surface area contributed by atoms with Crippen LogP contribution in [0.4, 0.5) is 0 Å². The lowest BCUT2D eigenvalue weighted by Crippen LogP contribution is -2.34. The third-order valence-electron chi connectivity index (χ3n) is 6.28. The van der Waals surface area contributed by atoms with Crippen molar-refractivity contribution in [3.63, 3.8) is 0 Å². The second-order valence-electron chi connectivity index (χ2n) is 9.02. The van der Waals surface area contributed by atoms with Crippen LogP contribution in [0.2, 0.25) is 0 Å². The molecule has 41 heavy (non-hydrogen) atoms. The van der Waals surface area contributed by atoms with E-state index in [1.54, 1.807) is 14.2 Å². The second-order valence-corrected chi connectivity index (χ2v) is 9.02. The summed E-state index contributed by atoms with van der Waals surface area (Å²) >= 11 is 0. The fraction of sp³-hybridized carbons (Fsp3) is 0.278. The Morgan fingerprint density at radius 1 is 0.805 bits per heavy atom. The summed E-state index contributed by atoms with van der Waals surface area (Å²) in [6.07, 6.45) is 3.66. The highest BCUT2D eigenvalue weighted by Crippen LogP contribution is 2.41. The van der Waals surface area contributed by atoms with Crippen LogP contribution >= 0.6 is 0 Å². The zero-order valence-corrected chi connectivity index (χ0v) is 23.7. The van der Waals surface area contributed by atoms with E-state index in [0.29, 0.717) is 17.9 Å². The normalized spacial score (nSPS) is 14.5. The molecule has 0 aliphatic carbocycles. The van der Waals surface area contributed by atoms with Crippen LogP contribution in [0.25, 0.3) is 0 Å². The van der Waals surface area contributed by atoms with Gasteiger partial charge in [0.25, 0.3) is 0 Å². The van der Waals surface area contributed by atoms with Gasteiger partial charge < -0.3 is 24.4 Å². The quantitative estimate of drug-likeness (QED) is 0.144. The number of benzene rings is 3. The van der Waals surface area contributed by atoms with Gasteiger partial charge in [0.15, 0.2) is 0 Å². The number of rotatable bonds is 14. The van der Waals surface area contributed by atoms with Crippen molar-refractivity contribution in [1.82, 2.24) is 0 Å². The van der Waals surface area contributed by atoms with Gasteiger partial charge in [-0.05, 0) is 59.5 Å². The monoisotopic (exact) mass is 556 g/mol. The van der Waals surface area contributed by atoms with Crippen LogP contribution in [0.15, 0.2) is 103 Å². The van der Waals surface area contributed by atoms with Gasteiger partial charge in [-0.25, -0.2) is 0 Å². The van der Waals surface area contributed by atoms with Crippen LogP contribution in [0, 0.1) is 23.7 Å². The fourth-order valence-corrected chi connectivity index (χ4v) is 4.21. The van der Waals surface area contributed by atoms with Gasteiger partial charge in [-0.1, -0.05) is 97.4 Å². The molecule has 0 fully saturated rings. The third kappa shape index (κ3) is 9.13. The molecule has 2 atom stereocenters. The van der Waals surface area contributed by atoms with Crippen molar-refractivity contribution in [1.29, 1.82) is 2.86 Å².